The summed E-state index contributed by atoms with van der Waals surface area (Å²) in [7, 11) is 1.32. The van der Waals surface area contributed by atoms with Crippen LogP contribution in [0.25, 0.3) is 10.2 Å². The second-order valence-electron chi connectivity index (χ2n) is 5.24. The summed E-state index contributed by atoms with van der Waals surface area (Å²) >= 11 is 1.24. The molecule has 0 bridgehead atoms. The summed E-state index contributed by atoms with van der Waals surface area (Å²) in [5, 5.41) is 1.88. The van der Waals surface area contributed by atoms with Gasteiger partial charge in [-0.05, 0) is 12.8 Å². The summed E-state index contributed by atoms with van der Waals surface area (Å²) < 4.78 is 11.2. The fourth-order valence-electron chi connectivity index (χ4n) is 2.16. The van der Waals surface area contributed by atoms with Crippen molar-refractivity contribution in [1.29, 1.82) is 0 Å². The maximum Gasteiger partial charge on any atom is 0.339 e. The van der Waals surface area contributed by atoms with Crippen LogP contribution >= 0.6 is 11.3 Å². The largest absolute Gasteiger partial charge is 0.469 e. The normalized spacial score (nSPS) is 10.8. The zero-order valence-electron chi connectivity index (χ0n) is 13.7. The first-order chi connectivity index (χ1) is 11.6. The molecule has 24 heavy (non-hydrogen) atoms. The highest BCUT2D eigenvalue weighted by molar-refractivity contribution is 7.17. The van der Waals surface area contributed by atoms with Crippen LogP contribution in [0.4, 0.5) is 0 Å². The lowest BCUT2D eigenvalue weighted by Gasteiger charge is -2.06. The maximum atomic E-state index is 12.6. The van der Waals surface area contributed by atoms with E-state index in [1.54, 1.807) is 5.38 Å². The summed E-state index contributed by atoms with van der Waals surface area (Å²) in [4.78, 5) is 40.6. The van der Waals surface area contributed by atoms with E-state index in [0.717, 1.165) is 12.8 Å². The molecule has 0 aromatic carbocycles. The molecule has 0 aliphatic carbocycles. The van der Waals surface area contributed by atoms with E-state index in [4.69, 9.17) is 4.74 Å². The van der Waals surface area contributed by atoms with Crippen molar-refractivity contribution in [2.24, 2.45) is 0 Å². The predicted octanol–water partition coefficient (Wildman–Crippen LogP) is 2.37. The maximum absolute atomic E-state index is 12.6. The number of methoxy groups -OCH3 is 1. The van der Waals surface area contributed by atoms with Gasteiger partial charge in [-0.2, -0.15) is 0 Å². The van der Waals surface area contributed by atoms with Crippen LogP contribution in [0.1, 0.15) is 43.0 Å². The first kappa shape index (κ1) is 18.1. The summed E-state index contributed by atoms with van der Waals surface area (Å²) in [6.07, 6.45) is 3.82. The molecule has 2 heterocycles. The van der Waals surface area contributed by atoms with Gasteiger partial charge < -0.3 is 9.47 Å². The highest BCUT2D eigenvalue weighted by Crippen LogP contribution is 2.21. The van der Waals surface area contributed by atoms with Crippen molar-refractivity contribution in [1.82, 2.24) is 9.55 Å². The molecule has 8 heteroatoms. The number of carbonyl (C=O) groups excluding carboxylic acids is 2. The molecule has 7 nitrogen and oxygen atoms in total. The van der Waals surface area contributed by atoms with Crippen molar-refractivity contribution < 1.29 is 19.1 Å². The van der Waals surface area contributed by atoms with Crippen LogP contribution in [0, 0.1) is 0 Å². The van der Waals surface area contributed by atoms with E-state index in [0.29, 0.717) is 24.4 Å². The molecule has 0 aliphatic rings. The lowest BCUT2D eigenvalue weighted by molar-refractivity contribution is -0.140. The molecule has 0 aliphatic heterocycles. The van der Waals surface area contributed by atoms with Crippen LogP contribution in [-0.4, -0.2) is 35.2 Å². The molecule has 0 fully saturated rings. The number of fused-ring (bicyclic) bond motifs is 1. The SMILES string of the molecule is CCCCOC(=O)c1csc2ncn(CCCC(=O)OC)c(=O)c12. The Labute approximate surface area is 143 Å². The van der Waals surface area contributed by atoms with Gasteiger partial charge in [0.15, 0.2) is 0 Å². The molecular weight excluding hydrogens is 332 g/mol. The zero-order valence-corrected chi connectivity index (χ0v) is 14.6. The Morgan fingerprint density at radius 3 is 2.83 bits per heavy atom. The molecule has 0 amide bonds. The van der Waals surface area contributed by atoms with Crippen LogP contribution < -0.4 is 5.56 Å². The van der Waals surface area contributed by atoms with Gasteiger partial charge in [-0.15, -0.1) is 11.3 Å². The number of esters is 2. The van der Waals surface area contributed by atoms with E-state index >= 15 is 0 Å². The number of aromatic nitrogens is 2. The van der Waals surface area contributed by atoms with Crippen LogP contribution in [0.15, 0.2) is 16.5 Å². The standard InChI is InChI=1S/C16H20N2O5S/c1-3-4-8-23-16(21)11-9-24-14-13(11)15(20)18(10-17-14)7-5-6-12(19)22-2/h9-10H,3-8H2,1-2H3. The third kappa shape index (κ3) is 4.19. The minimum Gasteiger partial charge on any atom is -0.469 e. The summed E-state index contributed by atoms with van der Waals surface area (Å²) in [6.45, 7) is 2.67. The monoisotopic (exact) mass is 352 g/mol. The Bertz CT molecular complexity index is 780. The molecule has 2 rings (SSSR count). The van der Waals surface area contributed by atoms with Gasteiger partial charge in [-0.25, -0.2) is 9.78 Å². The van der Waals surface area contributed by atoms with Gasteiger partial charge in [-0.3, -0.25) is 14.2 Å². The zero-order chi connectivity index (χ0) is 17.5. The molecule has 130 valence electrons. The second-order valence-corrected chi connectivity index (χ2v) is 6.10. The van der Waals surface area contributed by atoms with Crippen molar-refractivity contribution in [2.75, 3.05) is 13.7 Å². The minimum atomic E-state index is -0.499. The fourth-order valence-corrected chi connectivity index (χ4v) is 3.03. The molecule has 0 atom stereocenters. The average Bonchev–Trinajstić information content (AvgIpc) is 3.01. The summed E-state index contributed by atoms with van der Waals surface area (Å²) in [5.41, 5.74) is -0.0421. The Hall–Kier alpha value is -2.22. The molecule has 0 saturated heterocycles. The third-order valence-corrected chi connectivity index (χ3v) is 4.41. The van der Waals surface area contributed by atoms with Crippen LogP contribution in [0.2, 0.25) is 0 Å². The predicted molar refractivity (Wildman–Crippen MR) is 90.3 cm³/mol. The van der Waals surface area contributed by atoms with Crippen molar-refractivity contribution in [3.63, 3.8) is 0 Å². The van der Waals surface area contributed by atoms with Crippen molar-refractivity contribution in [2.45, 2.75) is 39.2 Å². The van der Waals surface area contributed by atoms with E-state index in [9.17, 15) is 14.4 Å². The van der Waals surface area contributed by atoms with Gasteiger partial charge in [0.2, 0.25) is 0 Å². The minimum absolute atomic E-state index is 0.219. The Kier molecular flexibility index (Phi) is 6.48. The van der Waals surface area contributed by atoms with Crippen LogP contribution in [0.3, 0.4) is 0 Å². The highest BCUT2D eigenvalue weighted by atomic mass is 32.1. The van der Waals surface area contributed by atoms with Gasteiger partial charge in [0.05, 0.1) is 31.0 Å². The lowest BCUT2D eigenvalue weighted by Crippen LogP contribution is -2.22. The van der Waals surface area contributed by atoms with Crippen molar-refractivity contribution in [3.05, 3.63) is 27.6 Å². The van der Waals surface area contributed by atoms with E-state index < -0.39 is 5.97 Å². The molecule has 0 spiro atoms. The van der Waals surface area contributed by atoms with E-state index in [-0.39, 0.29) is 28.9 Å². The van der Waals surface area contributed by atoms with Gasteiger partial charge in [0.1, 0.15) is 4.83 Å². The molecular formula is C16H20N2O5S. The van der Waals surface area contributed by atoms with E-state index in [2.05, 4.69) is 9.72 Å². The Balaban J connectivity index is 2.20. The second kappa shape index (κ2) is 8.58. The molecule has 2 aromatic rings. The number of thiophene rings is 1. The first-order valence-corrected chi connectivity index (χ1v) is 8.67. The first-order valence-electron chi connectivity index (χ1n) is 7.79. The van der Waals surface area contributed by atoms with Crippen molar-refractivity contribution in [3.8, 4) is 0 Å². The third-order valence-electron chi connectivity index (χ3n) is 3.52. The number of aryl methyl sites for hydroxylation is 1. The highest BCUT2D eigenvalue weighted by Gasteiger charge is 2.18. The van der Waals surface area contributed by atoms with Gasteiger partial charge in [0, 0.05) is 18.3 Å². The number of nitrogens with zero attached hydrogens (tertiary/aromatic N) is 2. The number of carbonyl (C=O) groups is 2. The van der Waals surface area contributed by atoms with E-state index in [1.807, 2.05) is 6.92 Å². The summed E-state index contributed by atoms with van der Waals surface area (Å²) in [6, 6.07) is 0. The number of ether oxygens (including phenoxy) is 2. The molecule has 0 N–H and O–H groups in total. The summed E-state index contributed by atoms with van der Waals surface area (Å²) in [5.74, 6) is -0.825. The lowest BCUT2D eigenvalue weighted by atomic mass is 10.2. The van der Waals surface area contributed by atoms with Gasteiger partial charge in [0.25, 0.3) is 5.56 Å². The smallest absolute Gasteiger partial charge is 0.339 e. The molecule has 0 unspecified atom stereocenters. The molecule has 2 aromatic heterocycles. The number of rotatable bonds is 8. The average molecular weight is 352 g/mol. The number of hydrogen-bond donors (Lipinski definition) is 0. The van der Waals surface area contributed by atoms with Crippen LogP contribution in [0.5, 0.6) is 0 Å². The Morgan fingerprint density at radius 2 is 2.12 bits per heavy atom. The molecule has 0 saturated carbocycles. The van der Waals surface area contributed by atoms with Crippen LogP contribution in [-0.2, 0) is 20.8 Å². The quantitative estimate of drug-likeness (QED) is 0.535. The van der Waals surface area contributed by atoms with Gasteiger partial charge >= 0.3 is 11.9 Å². The molecule has 0 radical (unpaired) electrons. The van der Waals surface area contributed by atoms with Crippen molar-refractivity contribution >= 4 is 33.5 Å². The van der Waals surface area contributed by atoms with Gasteiger partial charge in [-0.1, -0.05) is 13.3 Å². The fraction of sp³-hybridized carbons (Fsp3) is 0.500. The number of unbranched alkanes of at least 4 members (excludes halogenated alkanes) is 1. The topological polar surface area (TPSA) is 87.5 Å². The number of hydrogen-bond acceptors (Lipinski definition) is 7. The Morgan fingerprint density at radius 1 is 1.33 bits per heavy atom. The van der Waals surface area contributed by atoms with E-state index in [1.165, 1.54) is 29.3 Å².